The zero-order valence-corrected chi connectivity index (χ0v) is 27.2. The number of hydrogen-bond donors (Lipinski definition) is 2. The van der Waals surface area contributed by atoms with Gasteiger partial charge in [-0.3, -0.25) is 4.79 Å². The molecule has 1 atom stereocenters. The molecule has 7 nitrogen and oxygen atoms in total. The Morgan fingerprint density at radius 2 is 1.76 bits per heavy atom. The summed E-state index contributed by atoms with van der Waals surface area (Å²) in [6.07, 6.45) is 9.71. The molecular formula is C33H48N2O5S2. The van der Waals surface area contributed by atoms with Crippen molar-refractivity contribution in [2.75, 3.05) is 24.3 Å². The second kappa shape index (κ2) is 16.5. The third-order valence-electron chi connectivity index (χ3n) is 8.19. The van der Waals surface area contributed by atoms with E-state index < -0.39 is 27.9 Å². The van der Waals surface area contributed by atoms with Gasteiger partial charge in [-0.05, 0) is 84.4 Å². The van der Waals surface area contributed by atoms with Gasteiger partial charge in [-0.2, -0.15) is 16.1 Å². The van der Waals surface area contributed by atoms with E-state index in [0.29, 0.717) is 42.2 Å². The number of sulfonamides is 1. The van der Waals surface area contributed by atoms with Gasteiger partial charge in [-0.15, -0.1) is 0 Å². The number of rotatable bonds is 16. The highest BCUT2D eigenvalue weighted by Crippen LogP contribution is 2.30. The minimum absolute atomic E-state index is 0.118. The molecule has 2 aromatic rings. The molecule has 0 aromatic heterocycles. The fourth-order valence-corrected chi connectivity index (χ4v) is 7.78. The SMILES string of the molecule is CSCC[C@H](NC(=O)c1ccc(CN(CCC2CCCCC2)S(=O)(=O)CCC(C)C)cc1-c1ccccc1C)C(=O)O. The van der Waals surface area contributed by atoms with Gasteiger partial charge in [0.25, 0.3) is 5.91 Å². The summed E-state index contributed by atoms with van der Waals surface area (Å²) >= 11 is 1.53. The maximum absolute atomic E-state index is 13.6. The Labute approximate surface area is 256 Å². The van der Waals surface area contributed by atoms with Gasteiger partial charge >= 0.3 is 5.97 Å². The lowest BCUT2D eigenvalue weighted by Crippen LogP contribution is -2.41. The van der Waals surface area contributed by atoms with Crippen LogP contribution in [0.5, 0.6) is 0 Å². The first-order chi connectivity index (χ1) is 20.0. The van der Waals surface area contributed by atoms with Gasteiger partial charge in [0.1, 0.15) is 6.04 Å². The summed E-state index contributed by atoms with van der Waals surface area (Å²) in [6, 6.07) is 12.2. The number of carboxylic acids is 1. The monoisotopic (exact) mass is 616 g/mol. The van der Waals surface area contributed by atoms with Crippen molar-refractivity contribution in [3.05, 3.63) is 59.2 Å². The number of carboxylic acid groups (broad SMARTS) is 1. The van der Waals surface area contributed by atoms with E-state index in [2.05, 4.69) is 5.32 Å². The average Bonchev–Trinajstić information content (AvgIpc) is 2.96. The molecule has 2 N–H and O–H groups in total. The van der Waals surface area contributed by atoms with Gasteiger partial charge in [-0.1, -0.05) is 76.3 Å². The van der Waals surface area contributed by atoms with Crippen molar-refractivity contribution in [1.82, 2.24) is 9.62 Å². The molecule has 0 unspecified atom stereocenters. The molecule has 1 fully saturated rings. The number of aryl methyl sites for hydroxylation is 1. The van der Waals surface area contributed by atoms with E-state index in [9.17, 15) is 23.1 Å². The van der Waals surface area contributed by atoms with Crippen LogP contribution in [0.4, 0.5) is 0 Å². The van der Waals surface area contributed by atoms with E-state index in [-0.39, 0.29) is 18.2 Å². The highest BCUT2D eigenvalue weighted by atomic mass is 32.2. The quantitative estimate of drug-likeness (QED) is 0.216. The second-order valence-electron chi connectivity index (χ2n) is 12.0. The minimum atomic E-state index is -3.48. The number of nitrogens with one attached hydrogen (secondary N) is 1. The van der Waals surface area contributed by atoms with Crippen LogP contribution in [-0.4, -0.2) is 60.1 Å². The summed E-state index contributed by atoms with van der Waals surface area (Å²) in [6.45, 7) is 6.77. The van der Waals surface area contributed by atoms with Crippen LogP contribution in [0.1, 0.15) is 86.7 Å². The summed E-state index contributed by atoms with van der Waals surface area (Å²) in [5.74, 6) is 0.0636. The topological polar surface area (TPSA) is 104 Å². The third kappa shape index (κ3) is 10.1. The van der Waals surface area contributed by atoms with Crippen LogP contribution in [0.3, 0.4) is 0 Å². The summed E-state index contributed by atoms with van der Waals surface area (Å²) in [4.78, 5) is 25.3. The average molecular weight is 617 g/mol. The predicted octanol–water partition coefficient (Wildman–Crippen LogP) is 6.75. The molecule has 2 aromatic carbocycles. The Morgan fingerprint density at radius 1 is 1.05 bits per heavy atom. The van der Waals surface area contributed by atoms with Crippen LogP contribution in [0, 0.1) is 18.8 Å². The third-order valence-corrected chi connectivity index (χ3v) is 10.7. The summed E-state index contributed by atoms with van der Waals surface area (Å²) in [7, 11) is -3.48. The highest BCUT2D eigenvalue weighted by Gasteiger charge is 2.26. The Kier molecular flexibility index (Phi) is 13.4. The maximum atomic E-state index is 13.6. The number of thioether (sulfide) groups is 1. The van der Waals surface area contributed by atoms with Crippen molar-refractivity contribution in [2.45, 2.75) is 84.7 Å². The van der Waals surface area contributed by atoms with Gasteiger partial charge in [0.15, 0.2) is 0 Å². The molecule has 1 saturated carbocycles. The number of benzene rings is 2. The van der Waals surface area contributed by atoms with Crippen molar-refractivity contribution in [3.63, 3.8) is 0 Å². The number of nitrogens with zero attached hydrogens (tertiary/aromatic N) is 1. The van der Waals surface area contributed by atoms with Crippen LogP contribution in [0.25, 0.3) is 11.1 Å². The van der Waals surface area contributed by atoms with Gasteiger partial charge in [0, 0.05) is 18.7 Å². The lowest BCUT2D eigenvalue weighted by Gasteiger charge is -2.27. The smallest absolute Gasteiger partial charge is 0.326 e. The summed E-state index contributed by atoms with van der Waals surface area (Å²) in [5, 5.41) is 12.4. The molecule has 1 aliphatic rings. The lowest BCUT2D eigenvalue weighted by molar-refractivity contribution is -0.139. The first-order valence-corrected chi connectivity index (χ1v) is 18.2. The van der Waals surface area contributed by atoms with Gasteiger partial charge in [-0.25, -0.2) is 13.2 Å². The number of hydrogen-bond acceptors (Lipinski definition) is 5. The maximum Gasteiger partial charge on any atom is 0.326 e. The summed E-state index contributed by atoms with van der Waals surface area (Å²) < 4.78 is 28.8. The fraction of sp³-hybridized carbons (Fsp3) is 0.576. The van der Waals surface area contributed by atoms with Crippen molar-refractivity contribution in [2.24, 2.45) is 11.8 Å². The van der Waals surface area contributed by atoms with Crippen LogP contribution >= 0.6 is 11.8 Å². The van der Waals surface area contributed by atoms with Crippen LogP contribution in [0.2, 0.25) is 0 Å². The number of amides is 1. The van der Waals surface area contributed by atoms with Gasteiger partial charge in [0.2, 0.25) is 10.0 Å². The zero-order chi connectivity index (χ0) is 30.7. The Morgan fingerprint density at radius 3 is 2.40 bits per heavy atom. The lowest BCUT2D eigenvalue weighted by atomic mass is 9.87. The number of carbonyl (C=O) groups excluding carboxylic acids is 1. The second-order valence-corrected chi connectivity index (χ2v) is 15.0. The van der Waals surface area contributed by atoms with E-state index in [1.807, 2.05) is 57.4 Å². The van der Waals surface area contributed by atoms with Crippen LogP contribution < -0.4 is 5.32 Å². The van der Waals surface area contributed by atoms with Gasteiger partial charge in [0.05, 0.1) is 5.75 Å². The molecule has 0 saturated heterocycles. The van der Waals surface area contributed by atoms with Crippen molar-refractivity contribution < 1.29 is 23.1 Å². The Balaban J connectivity index is 1.95. The van der Waals surface area contributed by atoms with E-state index in [0.717, 1.165) is 36.0 Å². The summed E-state index contributed by atoms with van der Waals surface area (Å²) in [5.41, 5.74) is 3.68. The van der Waals surface area contributed by atoms with Crippen molar-refractivity contribution >= 4 is 33.7 Å². The molecule has 3 rings (SSSR count). The predicted molar refractivity (Wildman–Crippen MR) is 173 cm³/mol. The number of carbonyl (C=O) groups is 2. The Bertz CT molecular complexity index is 1290. The van der Waals surface area contributed by atoms with E-state index in [1.54, 1.807) is 16.4 Å². The Hall–Kier alpha value is -2.36. The van der Waals surface area contributed by atoms with Crippen LogP contribution in [0.15, 0.2) is 42.5 Å². The molecule has 0 aliphatic heterocycles. The van der Waals surface area contributed by atoms with Crippen molar-refractivity contribution in [1.29, 1.82) is 0 Å². The first-order valence-electron chi connectivity index (χ1n) is 15.2. The standard InChI is InChI=1S/C33H48N2O5S2/c1-24(2)18-21-42(39,40)35(19-16-26-11-6-5-7-12-26)23-27-14-15-29(30(22-27)28-13-9-8-10-25(28)3)32(36)34-31(33(37)38)17-20-41-4/h8-10,13-15,22,24,26,31H,5-7,11-12,16-21,23H2,1-4H3,(H,34,36)(H,37,38)/t31-/m0/s1. The largest absolute Gasteiger partial charge is 0.480 e. The molecule has 1 amide bonds. The molecule has 0 radical (unpaired) electrons. The minimum Gasteiger partial charge on any atom is -0.480 e. The molecule has 0 bridgehead atoms. The fourth-order valence-electron chi connectivity index (χ4n) is 5.55. The molecule has 42 heavy (non-hydrogen) atoms. The zero-order valence-electron chi connectivity index (χ0n) is 25.6. The van der Waals surface area contributed by atoms with E-state index >= 15 is 0 Å². The molecule has 232 valence electrons. The molecule has 0 heterocycles. The highest BCUT2D eigenvalue weighted by molar-refractivity contribution is 7.98. The molecule has 9 heteroatoms. The molecular weight excluding hydrogens is 569 g/mol. The molecule has 0 spiro atoms. The normalized spacial score (nSPS) is 15.2. The van der Waals surface area contributed by atoms with Gasteiger partial charge < -0.3 is 10.4 Å². The first kappa shape index (κ1) is 34.1. The van der Waals surface area contributed by atoms with Crippen molar-refractivity contribution in [3.8, 4) is 11.1 Å². The number of aliphatic carboxylic acids is 1. The van der Waals surface area contributed by atoms with E-state index in [1.165, 1.54) is 31.0 Å². The van der Waals surface area contributed by atoms with E-state index in [4.69, 9.17) is 0 Å². The molecule has 1 aliphatic carbocycles. The van der Waals surface area contributed by atoms with Crippen LogP contribution in [-0.2, 0) is 21.4 Å².